The van der Waals surface area contributed by atoms with Gasteiger partial charge in [0.25, 0.3) is 5.91 Å². The molecule has 2 aliphatic rings. The predicted octanol–water partition coefficient (Wildman–Crippen LogP) is 1.97. The number of carbonyl (C=O) groups is 2. The molecule has 2 amide bonds. The minimum atomic E-state index is -0.0532. The van der Waals surface area contributed by atoms with Gasteiger partial charge in [-0.2, -0.15) is 0 Å². The Morgan fingerprint density at radius 2 is 2.19 bits per heavy atom. The van der Waals surface area contributed by atoms with Gasteiger partial charge in [0.1, 0.15) is 5.76 Å². The van der Waals surface area contributed by atoms with E-state index in [0.29, 0.717) is 18.8 Å². The van der Waals surface area contributed by atoms with Crippen LogP contribution in [0.15, 0.2) is 16.5 Å². The maximum absolute atomic E-state index is 12.5. The summed E-state index contributed by atoms with van der Waals surface area (Å²) >= 11 is 0. The third-order valence-corrected chi connectivity index (χ3v) is 5.09. The number of furan rings is 1. The molecule has 5 heteroatoms. The molecule has 2 atom stereocenters. The highest BCUT2D eigenvalue weighted by Gasteiger charge is 2.51. The number of carbonyl (C=O) groups excluding carboxylic acids is 2. The van der Waals surface area contributed by atoms with Crippen LogP contribution in [-0.2, 0) is 4.79 Å². The molecule has 1 spiro atoms. The molecule has 1 aromatic rings. The maximum Gasteiger partial charge on any atom is 0.289 e. The Kier molecular flexibility index (Phi) is 3.51. The highest BCUT2D eigenvalue weighted by Crippen LogP contribution is 2.50. The van der Waals surface area contributed by atoms with Gasteiger partial charge in [-0.1, -0.05) is 6.42 Å². The first-order valence-electron chi connectivity index (χ1n) is 7.63. The molecule has 0 radical (unpaired) electrons. The molecular weight excluding hydrogens is 268 g/mol. The molecule has 114 valence electrons. The minimum absolute atomic E-state index is 0.0304. The number of likely N-dealkylation sites (tertiary alicyclic amines) is 1. The van der Waals surface area contributed by atoms with E-state index in [1.165, 1.54) is 0 Å². The molecule has 0 aromatic carbocycles. The highest BCUT2D eigenvalue weighted by molar-refractivity contribution is 5.92. The second kappa shape index (κ2) is 5.20. The van der Waals surface area contributed by atoms with E-state index in [1.807, 2.05) is 17.9 Å². The van der Waals surface area contributed by atoms with Gasteiger partial charge in [-0.05, 0) is 38.3 Å². The van der Waals surface area contributed by atoms with Crippen molar-refractivity contribution in [2.45, 2.75) is 32.6 Å². The Labute approximate surface area is 124 Å². The van der Waals surface area contributed by atoms with E-state index >= 15 is 0 Å². The van der Waals surface area contributed by atoms with Gasteiger partial charge < -0.3 is 14.6 Å². The number of amides is 2. The zero-order valence-electron chi connectivity index (χ0n) is 12.6. The van der Waals surface area contributed by atoms with Crippen molar-refractivity contribution in [1.29, 1.82) is 0 Å². The van der Waals surface area contributed by atoms with Crippen LogP contribution in [-0.4, -0.2) is 36.9 Å². The van der Waals surface area contributed by atoms with Crippen LogP contribution >= 0.6 is 0 Å². The molecule has 1 saturated heterocycles. The van der Waals surface area contributed by atoms with Crippen molar-refractivity contribution in [3.63, 3.8) is 0 Å². The van der Waals surface area contributed by atoms with Crippen molar-refractivity contribution >= 4 is 11.8 Å². The van der Waals surface area contributed by atoms with Crippen molar-refractivity contribution < 1.29 is 14.0 Å². The van der Waals surface area contributed by atoms with Gasteiger partial charge in [0, 0.05) is 31.5 Å². The lowest BCUT2D eigenvalue weighted by Gasteiger charge is -2.30. The predicted molar refractivity (Wildman–Crippen MR) is 77.8 cm³/mol. The van der Waals surface area contributed by atoms with Crippen LogP contribution in [0.1, 0.15) is 42.0 Å². The topological polar surface area (TPSA) is 62.6 Å². The molecule has 0 bridgehead atoms. The summed E-state index contributed by atoms with van der Waals surface area (Å²) in [6.45, 7) is 3.22. The average Bonchev–Trinajstić information content (AvgIpc) is 3.19. The molecule has 1 N–H and O–H groups in total. The molecule has 1 aliphatic heterocycles. The maximum atomic E-state index is 12.5. The summed E-state index contributed by atoms with van der Waals surface area (Å²) in [6.07, 6.45) is 3.95. The molecule has 2 fully saturated rings. The first-order chi connectivity index (χ1) is 10.1. The zero-order valence-corrected chi connectivity index (χ0v) is 12.6. The van der Waals surface area contributed by atoms with Crippen LogP contribution < -0.4 is 5.32 Å². The normalized spacial score (nSPS) is 28.3. The van der Waals surface area contributed by atoms with E-state index in [2.05, 4.69) is 5.32 Å². The van der Waals surface area contributed by atoms with E-state index in [9.17, 15) is 9.59 Å². The third kappa shape index (κ3) is 2.34. The standard InChI is InChI=1S/C16H22N2O3/c1-11-5-6-13(21-11)15(20)18-9-8-16(10-18)7-3-4-12(16)14(19)17-2/h5-6,12H,3-4,7-10H2,1-2H3,(H,17,19)/t12-,16+/m0/s1. The first-order valence-corrected chi connectivity index (χ1v) is 7.63. The molecule has 2 heterocycles. The van der Waals surface area contributed by atoms with Crippen molar-refractivity contribution in [2.75, 3.05) is 20.1 Å². The highest BCUT2D eigenvalue weighted by atomic mass is 16.3. The average molecular weight is 290 g/mol. The van der Waals surface area contributed by atoms with Gasteiger partial charge in [0.15, 0.2) is 5.76 Å². The molecule has 5 nitrogen and oxygen atoms in total. The van der Waals surface area contributed by atoms with Gasteiger partial charge >= 0.3 is 0 Å². The number of hydrogen-bond acceptors (Lipinski definition) is 3. The van der Waals surface area contributed by atoms with E-state index in [4.69, 9.17) is 4.42 Å². The summed E-state index contributed by atoms with van der Waals surface area (Å²) in [7, 11) is 1.69. The van der Waals surface area contributed by atoms with Gasteiger partial charge in [0.05, 0.1) is 0 Å². The second-order valence-electron chi connectivity index (χ2n) is 6.31. The number of hydrogen-bond donors (Lipinski definition) is 1. The van der Waals surface area contributed by atoms with Gasteiger partial charge in [-0.15, -0.1) is 0 Å². The van der Waals surface area contributed by atoms with Gasteiger partial charge in [-0.25, -0.2) is 0 Å². The Bertz CT molecular complexity index is 566. The molecule has 1 aromatic heterocycles. The van der Waals surface area contributed by atoms with Gasteiger partial charge in [0.2, 0.25) is 5.91 Å². The van der Waals surface area contributed by atoms with Crippen LogP contribution in [0, 0.1) is 18.3 Å². The van der Waals surface area contributed by atoms with Crippen molar-refractivity contribution in [1.82, 2.24) is 10.2 Å². The lowest BCUT2D eigenvalue weighted by atomic mass is 9.76. The number of nitrogens with one attached hydrogen (secondary N) is 1. The molecular formula is C16H22N2O3. The van der Waals surface area contributed by atoms with Crippen LogP contribution in [0.3, 0.4) is 0 Å². The quantitative estimate of drug-likeness (QED) is 0.905. The zero-order chi connectivity index (χ0) is 15.0. The first kappa shape index (κ1) is 14.2. The Morgan fingerprint density at radius 1 is 1.38 bits per heavy atom. The molecule has 21 heavy (non-hydrogen) atoms. The molecule has 3 rings (SSSR count). The summed E-state index contributed by atoms with van der Waals surface area (Å²) in [5.74, 6) is 1.26. The fraction of sp³-hybridized carbons (Fsp3) is 0.625. The van der Waals surface area contributed by atoms with Crippen LogP contribution in [0.5, 0.6) is 0 Å². The Balaban J connectivity index is 1.75. The summed E-state index contributed by atoms with van der Waals surface area (Å²) in [5.41, 5.74) is -0.0304. The SMILES string of the molecule is CNC(=O)[C@@H]1CCC[C@]12CCN(C(=O)c1ccc(C)o1)C2. The Morgan fingerprint density at radius 3 is 2.86 bits per heavy atom. The lowest BCUT2D eigenvalue weighted by Crippen LogP contribution is -2.40. The number of aryl methyl sites for hydroxylation is 1. The van der Waals surface area contributed by atoms with E-state index < -0.39 is 0 Å². The summed E-state index contributed by atoms with van der Waals surface area (Å²) in [6, 6.07) is 3.54. The van der Waals surface area contributed by atoms with Crippen LogP contribution in [0.25, 0.3) is 0 Å². The molecule has 1 aliphatic carbocycles. The summed E-state index contributed by atoms with van der Waals surface area (Å²) < 4.78 is 5.43. The smallest absolute Gasteiger partial charge is 0.289 e. The fourth-order valence-electron chi connectivity index (χ4n) is 3.99. The summed E-state index contributed by atoms with van der Waals surface area (Å²) in [4.78, 5) is 26.4. The number of rotatable bonds is 2. The van der Waals surface area contributed by atoms with E-state index in [-0.39, 0.29) is 23.1 Å². The second-order valence-corrected chi connectivity index (χ2v) is 6.31. The van der Waals surface area contributed by atoms with Crippen molar-refractivity contribution in [3.05, 3.63) is 23.7 Å². The van der Waals surface area contributed by atoms with Crippen LogP contribution in [0.4, 0.5) is 0 Å². The molecule has 0 unspecified atom stereocenters. The van der Waals surface area contributed by atoms with E-state index in [0.717, 1.165) is 31.4 Å². The van der Waals surface area contributed by atoms with Gasteiger partial charge in [-0.3, -0.25) is 9.59 Å². The van der Waals surface area contributed by atoms with Crippen LogP contribution in [0.2, 0.25) is 0 Å². The fourth-order valence-corrected chi connectivity index (χ4v) is 3.99. The largest absolute Gasteiger partial charge is 0.456 e. The van der Waals surface area contributed by atoms with Crippen molar-refractivity contribution in [3.8, 4) is 0 Å². The number of nitrogens with zero attached hydrogens (tertiary/aromatic N) is 1. The van der Waals surface area contributed by atoms with E-state index in [1.54, 1.807) is 13.1 Å². The minimum Gasteiger partial charge on any atom is -0.456 e. The summed E-state index contributed by atoms with van der Waals surface area (Å²) in [5, 5.41) is 2.78. The monoisotopic (exact) mass is 290 g/mol. The third-order valence-electron chi connectivity index (χ3n) is 5.09. The Hall–Kier alpha value is -1.78. The van der Waals surface area contributed by atoms with Crippen molar-refractivity contribution in [2.24, 2.45) is 11.3 Å². The molecule has 1 saturated carbocycles. The lowest BCUT2D eigenvalue weighted by molar-refractivity contribution is -0.127.